The van der Waals surface area contributed by atoms with Gasteiger partial charge in [-0.05, 0) is 31.4 Å². The van der Waals surface area contributed by atoms with Crippen molar-refractivity contribution in [1.29, 1.82) is 0 Å². The van der Waals surface area contributed by atoms with Gasteiger partial charge >= 0.3 is 0 Å². The number of rotatable bonds is 3. The van der Waals surface area contributed by atoms with Gasteiger partial charge in [0, 0.05) is 19.2 Å². The zero-order valence-corrected chi connectivity index (χ0v) is 10.6. The van der Waals surface area contributed by atoms with Crippen LogP contribution in [0, 0.1) is 13.8 Å². The summed E-state index contributed by atoms with van der Waals surface area (Å²) in [6.07, 6.45) is 0.928. The first-order valence-electron chi connectivity index (χ1n) is 6.00. The molecule has 3 heteroatoms. The van der Waals surface area contributed by atoms with Gasteiger partial charge in [0.25, 0.3) is 0 Å². The molecule has 0 radical (unpaired) electrons. The molecule has 0 aromatic heterocycles. The van der Waals surface area contributed by atoms with Crippen molar-refractivity contribution in [2.75, 3.05) is 13.7 Å². The van der Waals surface area contributed by atoms with Gasteiger partial charge in [-0.15, -0.1) is 0 Å². The highest BCUT2D eigenvalue weighted by Gasteiger charge is 2.30. The monoisotopic (exact) mass is 233 g/mol. The van der Waals surface area contributed by atoms with Crippen LogP contribution in [0.15, 0.2) is 18.2 Å². The van der Waals surface area contributed by atoms with Gasteiger partial charge in [0.05, 0.1) is 12.1 Å². The van der Waals surface area contributed by atoms with Crippen LogP contribution in [-0.4, -0.2) is 31.6 Å². The fourth-order valence-corrected chi connectivity index (χ4v) is 2.29. The number of nitrogens with one attached hydrogen (secondary N) is 1. The lowest BCUT2D eigenvalue weighted by Gasteiger charge is -2.12. The number of ketones is 1. The number of ether oxygens (including phenoxy) is 1. The first-order valence-corrected chi connectivity index (χ1v) is 6.00. The third-order valence-corrected chi connectivity index (χ3v) is 3.61. The average molecular weight is 233 g/mol. The molecule has 0 bridgehead atoms. The number of methoxy groups -OCH3 is 1. The van der Waals surface area contributed by atoms with E-state index < -0.39 is 0 Å². The van der Waals surface area contributed by atoms with E-state index in [-0.39, 0.29) is 17.9 Å². The van der Waals surface area contributed by atoms with Gasteiger partial charge in [0.2, 0.25) is 0 Å². The van der Waals surface area contributed by atoms with Gasteiger partial charge in [-0.3, -0.25) is 4.79 Å². The lowest BCUT2D eigenvalue weighted by atomic mass is 9.95. The van der Waals surface area contributed by atoms with E-state index in [4.69, 9.17) is 4.74 Å². The number of aryl methyl sites for hydroxylation is 1. The van der Waals surface area contributed by atoms with Crippen molar-refractivity contribution in [1.82, 2.24) is 5.32 Å². The van der Waals surface area contributed by atoms with E-state index in [2.05, 4.69) is 5.32 Å². The van der Waals surface area contributed by atoms with Crippen LogP contribution in [0.25, 0.3) is 0 Å². The average Bonchev–Trinajstić information content (AvgIpc) is 2.80. The number of hydrogen-bond acceptors (Lipinski definition) is 3. The molecule has 1 aromatic rings. The second-order valence-electron chi connectivity index (χ2n) is 4.67. The highest BCUT2D eigenvalue weighted by Crippen LogP contribution is 2.19. The van der Waals surface area contributed by atoms with E-state index >= 15 is 0 Å². The van der Waals surface area contributed by atoms with E-state index in [0.29, 0.717) is 0 Å². The van der Waals surface area contributed by atoms with E-state index in [1.54, 1.807) is 7.11 Å². The standard InChI is InChI=1S/C14H19NO2/c1-9-5-4-6-12(10(9)2)14(16)13-7-11(17-3)8-15-13/h4-6,11,13,15H,7-8H2,1-3H3. The molecule has 17 heavy (non-hydrogen) atoms. The third-order valence-electron chi connectivity index (χ3n) is 3.61. The summed E-state index contributed by atoms with van der Waals surface area (Å²) < 4.78 is 5.27. The molecule has 2 atom stereocenters. The molecule has 0 spiro atoms. The molecule has 1 saturated heterocycles. The molecule has 1 heterocycles. The molecule has 92 valence electrons. The summed E-state index contributed by atoms with van der Waals surface area (Å²) in [5, 5.41) is 3.23. The Labute approximate surface area is 102 Å². The minimum absolute atomic E-state index is 0.0968. The Hall–Kier alpha value is -1.19. The Kier molecular flexibility index (Phi) is 3.60. The van der Waals surface area contributed by atoms with Crippen LogP contribution >= 0.6 is 0 Å². The SMILES string of the molecule is COC1CNC(C(=O)c2cccc(C)c2C)C1. The zero-order valence-electron chi connectivity index (χ0n) is 10.6. The summed E-state index contributed by atoms with van der Waals surface area (Å²) in [6, 6.07) is 5.79. The second kappa shape index (κ2) is 4.98. The summed E-state index contributed by atoms with van der Waals surface area (Å²) in [5.41, 5.74) is 3.08. The molecule has 2 unspecified atom stereocenters. The van der Waals surface area contributed by atoms with Crippen LogP contribution in [-0.2, 0) is 4.74 Å². The van der Waals surface area contributed by atoms with Crippen molar-refractivity contribution in [3.05, 3.63) is 34.9 Å². The molecule has 0 aliphatic carbocycles. The first-order chi connectivity index (χ1) is 8.13. The summed E-state index contributed by atoms with van der Waals surface area (Å²) in [4.78, 5) is 12.4. The highest BCUT2D eigenvalue weighted by molar-refractivity contribution is 6.01. The maximum absolute atomic E-state index is 12.4. The molecule has 1 fully saturated rings. The van der Waals surface area contributed by atoms with Gasteiger partial charge in [0.15, 0.2) is 5.78 Å². The van der Waals surface area contributed by atoms with E-state index in [1.807, 2.05) is 32.0 Å². The van der Waals surface area contributed by atoms with Crippen LogP contribution < -0.4 is 5.32 Å². The Balaban J connectivity index is 2.18. The van der Waals surface area contributed by atoms with Crippen molar-refractivity contribution in [3.63, 3.8) is 0 Å². The molecule has 0 amide bonds. The lowest BCUT2D eigenvalue weighted by molar-refractivity contribution is 0.0918. The summed E-state index contributed by atoms with van der Waals surface area (Å²) in [5.74, 6) is 0.186. The van der Waals surface area contributed by atoms with Crippen LogP contribution in [0.1, 0.15) is 27.9 Å². The van der Waals surface area contributed by atoms with Gasteiger partial charge in [-0.25, -0.2) is 0 Å². The van der Waals surface area contributed by atoms with Crippen LogP contribution in [0.3, 0.4) is 0 Å². The van der Waals surface area contributed by atoms with Gasteiger partial charge in [-0.1, -0.05) is 18.2 Å². The Bertz CT molecular complexity index is 428. The summed E-state index contributed by atoms with van der Waals surface area (Å²) in [6.45, 7) is 4.80. The van der Waals surface area contributed by atoms with Crippen molar-refractivity contribution >= 4 is 5.78 Å². The summed E-state index contributed by atoms with van der Waals surface area (Å²) >= 11 is 0. The smallest absolute Gasteiger partial charge is 0.180 e. The quantitative estimate of drug-likeness (QED) is 0.810. The van der Waals surface area contributed by atoms with Crippen LogP contribution in [0.5, 0.6) is 0 Å². The van der Waals surface area contributed by atoms with E-state index in [0.717, 1.165) is 29.7 Å². The van der Waals surface area contributed by atoms with Gasteiger partial charge < -0.3 is 10.1 Å². The summed E-state index contributed by atoms with van der Waals surface area (Å²) in [7, 11) is 1.69. The fourth-order valence-electron chi connectivity index (χ4n) is 2.29. The lowest BCUT2D eigenvalue weighted by Crippen LogP contribution is -2.31. The van der Waals surface area contributed by atoms with Gasteiger partial charge in [0.1, 0.15) is 0 Å². The largest absolute Gasteiger partial charge is 0.380 e. The topological polar surface area (TPSA) is 38.3 Å². The zero-order chi connectivity index (χ0) is 12.4. The Morgan fingerprint density at radius 3 is 2.82 bits per heavy atom. The molecule has 1 N–H and O–H groups in total. The van der Waals surface area contributed by atoms with Crippen molar-refractivity contribution in [3.8, 4) is 0 Å². The Morgan fingerprint density at radius 1 is 1.41 bits per heavy atom. The van der Waals surface area contributed by atoms with Crippen LogP contribution in [0.2, 0.25) is 0 Å². The van der Waals surface area contributed by atoms with Crippen molar-refractivity contribution in [2.45, 2.75) is 32.4 Å². The second-order valence-corrected chi connectivity index (χ2v) is 4.67. The number of carbonyl (C=O) groups is 1. The molecule has 1 aliphatic heterocycles. The normalized spacial score (nSPS) is 23.9. The van der Waals surface area contributed by atoms with E-state index in [1.165, 1.54) is 0 Å². The molecule has 1 aliphatic rings. The minimum Gasteiger partial charge on any atom is -0.380 e. The number of benzene rings is 1. The molecule has 3 nitrogen and oxygen atoms in total. The number of carbonyl (C=O) groups excluding carboxylic acids is 1. The third kappa shape index (κ3) is 2.40. The maximum atomic E-state index is 12.4. The molecule has 1 aromatic carbocycles. The van der Waals surface area contributed by atoms with Crippen molar-refractivity contribution in [2.24, 2.45) is 0 Å². The van der Waals surface area contributed by atoms with Gasteiger partial charge in [-0.2, -0.15) is 0 Å². The molecule has 2 rings (SSSR count). The molecular weight excluding hydrogens is 214 g/mol. The first kappa shape index (κ1) is 12.3. The molecule has 0 saturated carbocycles. The molecular formula is C14H19NO2. The Morgan fingerprint density at radius 2 is 2.18 bits per heavy atom. The number of hydrogen-bond donors (Lipinski definition) is 1. The minimum atomic E-state index is -0.0968. The highest BCUT2D eigenvalue weighted by atomic mass is 16.5. The predicted octanol–water partition coefficient (Wildman–Crippen LogP) is 1.86. The van der Waals surface area contributed by atoms with Crippen LogP contribution in [0.4, 0.5) is 0 Å². The van der Waals surface area contributed by atoms with Crippen molar-refractivity contribution < 1.29 is 9.53 Å². The predicted molar refractivity (Wildman–Crippen MR) is 67.5 cm³/mol. The maximum Gasteiger partial charge on any atom is 0.180 e. The number of Topliss-reactive ketones (excluding diaryl/α,β-unsaturated/α-hetero) is 1. The van der Waals surface area contributed by atoms with E-state index in [9.17, 15) is 4.79 Å². The fraction of sp³-hybridized carbons (Fsp3) is 0.500.